The first kappa shape index (κ1) is 14.0. The van der Waals surface area contributed by atoms with E-state index in [-0.39, 0.29) is 5.91 Å². The molecule has 0 saturated carbocycles. The minimum absolute atomic E-state index is 0.139. The van der Waals surface area contributed by atoms with Crippen LogP contribution in [0.2, 0.25) is 4.34 Å². The first-order chi connectivity index (χ1) is 9.65. The van der Waals surface area contributed by atoms with Crippen LogP contribution in [-0.4, -0.2) is 28.9 Å². The predicted octanol–water partition coefficient (Wildman–Crippen LogP) is 3.49. The Morgan fingerprint density at radius 2 is 2.35 bits per heavy atom. The highest BCUT2D eigenvalue weighted by molar-refractivity contribution is 7.18. The van der Waals surface area contributed by atoms with E-state index in [1.807, 2.05) is 0 Å². The molecule has 106 valence electrons. The van der Waals surface area contributed by atoms with E-state index >= 15 is 0 Å². The number of thiophene rings is 1. The van der Waals surface area contributed by atoms with E-state index in [1.165, 1.54) is 16.2 Å². The molecule has 0 fully saturated rings. The first-order valence-electron chi connectivity index (χ1n) is 6.43. The van der Waals surface area contributed by atoms with E-state index < -0.39 is 0 Å². The molecule has 0 bridgehead atoms. The molecule has 0 spiro atoms. The Balaban J connectivity index is 1.73. The van der Waals surface area contributed by atoms with Crippen molar-refractivity contribution < 1.29 is 4.79 Å². The Hall–Kier alpha value is -0.950. The molecule has 0 unspecified atom stereocenters. The molecule has 20 heavy (non-hydrogen) atoms. The number of rotatable bonds is 3. The molecule has 0 radical (unpaired) electrons. The fourth-order valence-corrected chi connectivity index (χ4v) is 4.15. The van der Waals surface area contributed by atoms with Crippen molar-refractivity contribution in [2.75, 3.05) is 18.4 Å². The normalized spacial score (nSPS) is 15.1. The van der Waals surface area contributed by atoms with Gasteiger partial charge in [-0.25, -0.2) is 4.98 Å². The molecule has 0 aromatic carbocycles. The second-order valence-corrected chi connectivity index (χ2v) is 7.36. The van der Waals surface area contributed by atoms with Gasteiger partial charge in [0.2, 0.25) is 0 Å². The van der Waals surface area contributed by atoms with E-state index in [0.29, 0.717) is 14.3 Å². The number of fused-ring (bicyclic) bond motifs is 1. The van der Waals surface area contributed by atoms with Crippen LogP contribution in [0.25, 0.3) is 0 Å². The van der Waals surface area contributed by atoms with E-state index in [0.717, 1.165) is 31.7 Å². The van der Waals surface area contributed by atoms with Crippen LogP contribution in [0.5, 0.6) is 0 Å². The average Bonchev–Trinajstić information content (AvgIpc) is 3.03. The maximum Gasteiger partial charge on any atom is 0.267 e. The van der Waals surface area contributed by atoms with Gasteiger partial charge in [0.1, 0.15) is 0 Å². The molecule has 0 saturated heterocycles. The molecule has 3 heterocycles. The SMILES string of the molecule is CCN1CCc2nc(NC(=O)c3ccc(Cl)s3)sc2C1. The van der Waals surface area contributed by atoms with Crippen LogP contribution in [0.4, 0.5) is 5.13 Å². The highest BCUT2D eigenvalue weighted by Crippen LogP contribution is 2.29. The summed E-state index contributed by atoms with van der Waals surface area (Å²) in [5, 5.41) is 3.55. The van der Waals surface area contributed by atoms with Gasteiger partial charge in [-0.3, -0.25) is 15.0 Å². The van der Waals surface area contributed by atoms with Gasteiger partial charge in [0.25, 0.3) is 5.91 Å². The largest absolute Gasteiger partial charge is 0.298 e. The number of carbonyl (C=O) groups is 1. The van der Waals surface area contributed by atoms with Crippen molar-refractivity contribution >= 4 is 45.3 Å². The lowest BCUT2D eigenvalue weighted by Crippen LogP contribution is -2.29. The molecule has 7 heteroatoms. The van der Waals surface area contributed by atoms with Gasteiger partial charge in [0, 0.05) is 24.4 Å². The van der Waals surface area contributed by atoms with Crippen molar-refractivity contribution in [1.82, 2.24) is 9.88 Å². The van der Waals surface area contributed by atoms with Crippen molar-refractivity contribution in [2.24, 2.45) is 0 Å². The number of thiazole rings is 1. The van der Waals surface area contributed by atoms with Gasteiger partial charge < -0.3 is 0 Å². The van der Waals surface area contributed by atoms with E-state index in [2.05, 4.69) is 22.1 Å². The lowest BCUT2D eigenvalue weighted by Gasteiger charge is -2.23. The summed E-state index contributed by atoms with van der Waals surface area (Å²) in [5.41, 5.74) is 1.12. The summed E-state index contributed by atoms with van der Waals surface area (Å²) in [6.45, 7) is 5.19. The predicted molar refractivity (Wildman–Crippen MR) is 84.1 cm³/mol. The number of nitrogens with one attached hydrogen (secondary N) is 1. The third-order valence-corrected chi connectivity index (χ3v) is 5.50. The van der Waals surface area contributed by atoms with Crippen molar-refractivity contribution in [2.45, 2.75) is 19.9 Å². The summed E-state index contributed by atoms with van der Waals surface area (Å²) in [7, 11) is 0. The Labute approximate surface area is 130 Å². The quantitative estimate of drug-likeness (QED) is 0.938. The Bertz CT molecular complexity index is 637. The second-order valence-electron chi connectivity index (χ2n) is 4.57. The van der Waals surface area contributed by atoms with Crippen molar-refractivity contribution in [3.8, 4) is 0 Å². The van der Waals surface area contributed by atoms with Gasteiger partial charge >= 0.3 is 0 Å². The van der Waals surface area contributed by atoms with E-state index in [4.69, 9.17) is 11.6 Å². The third kappa shape index (κ3) is 2.88. The summed E-state index contributed by atoms with van der Waals surface area (Å²) >= 11 is 8.69. The molecule has 1 amide bonds. The zero-order chi connectivity index (χ0) is 14.1. The van der Waals surface area contributed by atoms with Gasteiger partial charge in [-0.05, 0) is 18.7 Å². The van der Waals surface area contributed by atoms with E-state index in [9.17, 15) is 4.79 Å². The number of hydrogen-bond donors (Lipinski definition) is 1. The maximum atomic E-state index is 12.1. The van der Waals surface area contributed by atoms with Crippen LogP contribution in [0, 0.1) is 0 Å². The lowest BCUT2D eigenvalue weighted by molar-refractivity contribution is 0.103. The number of carbonyl (C=O) groups excluding carboxylic acids is 1. The Morgan fingerprint density at radius 3 is 3.05 bits per heavy atom. The standard InChI is InChI=1S/C13H14ClN3OS2/c1-2-17-6-5-8-10(7-17)20-13(15-8)16-12(18)9-3-4-11(14)19-9/h3-4H,2,5-7H2,1H3,(H,15,16,18). The Morgan fingerprint density at radius 1 is 1.50 bits per heavy atom. The molecule has 2 aromatic rings. The number of likely N-dealkylation sites (N-methyl/N-ethyl adjacent to an activating group) is 1. The number of hydrogen-bond acceptors (Lipinski definition) is 5. The van der Waals surface area contributed by atoms with Crippen molar-refractivity contribution in [1.29, 1.82) is 0 Å². The molecule has 1 aliphatic rings. The van der Waals surface area contributed by atoms with Gasteiger partial charge in [0.15, 0.2) is 5.13 Å². The zero-order valence-electron chi connectivity index (χ0n) is 11.0. The molecule has 1 aliphatic heterocycles. The molecular formula is C13H14ClN3OS2. The molecule has 4 nitrogen and oxygen atoms in total. The van der Waals surface area contributed by atoms with Crippen LogP contribution in [-0.2, 0) is 13.0 Å². The smallest absolute Gasteiger partial charge is 0.267 e. The van der Waals surface area contributed by atoms with Gasteiger partial charge in [-0.15, -0.1) is 22.7 Å². The second kappa shape index (κ2) is 5.81. The van der Waals surface area contributed by atoms with Crippen LogP contribution in [0.3, 0.4) is 0 Å². The summed E-state index contributed by atoms with van der Waals surface area (Å²) in [5.74, 6) is -0.139. The van der Waals surface area contributed by atoms with Crippen molar-refractivity contribution in [3.05, 3.63) is 31.9 Å². The number of amides is 1. The number of nitrogens with zero attached hydrogens (tertiary/aromatic N) is 2. The minimum atomic E-state index is -0.139. The summed E-state index contributed by atoms with van der Waals surface area (Å²) in [4.78, 5) is 20.8. The molecular weight excluding hydrogens is 314 g/mol. The number of anilines is 1. The Kier molecular flexibility index (Phi) is 4.07. The highest BCUT2D eigenvalue weighted by atomic mass is 35.5. The average molecular weight is 328 g/mol. The minimum Gasteiger partial charge on any atom is -0.298 e. The number of aromatic nitrogens is 1. The molecule has 0 aliphatic carbocycles. The highest BCUT2D eigenvalue weighted by Gasteiger charge is 2.20. The van der Waals surface area contributed by atoms with Gasteiger partial charge in [-0.2, -0.15) is 0 Å². The van der Waals surface area contributed by atoms with Crippen LogP contribution in [0.15, 0.2) is 12.1 Å². The number of halogens is 1. The summed E-state index contributed by atoms with van der Waals surface area (Å²) in [6, 6.07) is 3.46. The topological polar surface area (TPSA) is 45.2 Å². The summed E-state index contributed by atoms with van der Waals surface area (Å²) < 4.78 is 0.618. The molecule has 3 rings (SSSR count). The molecule has 1 N–H and O–H groups in total. The van der Waals surface area contributed by atoms with Crippen LogP contribution >= 0.6 is 34.3 Å². The summed E-state index contributed by atoms with van der Waals surface area (Å²) in [6.07, 6.45) is 0.959. The third-order valence-electron chi connectivity index (χ3n) is 3.27. The fourth-order valence-electron chi connectivity index (χ4n) is 2.17. The lowest BCUT2D eigenvalue weighted by atomic mass is 10.2. The van der Waals surface area contributed by atoms with Crippen LogP contribution in [0.1, 0.15) is 27.2 Å². The van der Waals surface area contributed by atoms with E-state index in [1.54, 1.807) is 23.5 Å². The van der Waals surface area contributed by atoms with Gasteiger partial charge in [0.05, 0.1) is 14.9 Å². The maximum absolute atomic E-state index is 12.1. The fraction of sp³-hybridized carbons (Fsp3) is 0.385. The van der Waals surface area contributed by atoms with Gasteiger partial charge in [-0.1, -0.05) is 18.5 Å². The molecule has 0 atom stereocenters. The van der Waals surface area contributed by atoms with Crippen LogP contribution < -0.4 is 5.32 Å². The zero-order valence-corrected chi connectivity index (χ0v) is 13.4. The first-order valence-corrected chi connectivity index (χ1v) is 8.44. The molecule has 2 aromatic heterocycles. The van der Waals surface area contributed by atoms with Crippen molar-refractivity contribution in [3.63, 3.8) is 0 Å². The monoisotopic (exact) mass is 327 g/mol.